The molecule has 5 atom stereocenters. The Hall–Kier alpha value is -1.50. The zero-order chi connectivity index (χ0) is 30.0. The van der Waals surface area contributed by atoms with Gasteiger partial charge in [-0.15, -0.1) is 0 Å². The predicted molar refractivity (Wildman–Crippen MR) is 142 cm³/mol. The van der Waals surface area contributed by atoms with Crippen molar-refractivity contribution in [2.45, 2.75) is 134 Å². The van der Waals surface area contributed by atoms with Crippen LogP contribution in [0.4, 0.5) is 26.3 Å². The Labute approximate surface area is 234 Å². The van der Waals surface area contributed by atoms with Gasteiger partial charge in [0.25, 0.3) is 0 Å². The van der Waals surface area contributed by atoms with Crippen molar-refractivity contribution in [3.63, 3.8) is 0 Å². The molecule has 0 bridgehead atoms. The number of fused-ring (bicyclic) bond motifs is 1. The van der Waals surface area contributed by atoms with E-state index in [1.165, 1.54) is 11.1 Å². The molecule has 3 N–H and O–H groups in total. The number of hydrogen-bond donors (Lipinski definition) is 3. The smallest absolute Gasteiger partial charge is 0.393 e. The summed E-state index contributed by atoms with van der Waals surface area (Å²) in [6.45, 7) is 5.52. The zero-order valence-electron chi connectivity index (χ0n) is 23.8. The molecule has 3 nitrogen and oxygen atoms in total. The molecule has 3 aliphatic carbocycles. The summed E-state index contributed by atoms with van der Waals surface area (Å²) in [4.78, 5) is 0. The minimum absolute atomic E-state index is 0.0475. The largest absolute Gasteiger partial charge is 0.438 e. The monoisotopic (exact) mass is 578 g/mol. The average molecular weight is 579 g/mol. The first-order valence-corrected chi connectivity index (χ1v) is 14.5. The van der Waals surface area contributed by atoms with Crippen LogP contribution in [0, 0.1) is 35.0 Å². The van der Waals surface area contributed by atoms with Gasteiger partial charge >= 0.3 is 18.0 Å². The molecule has 0 aromatic heterocycles. The Morgan fingerprint density at radius 2 is 1.65 bits per heavy atom. The highest BCUT2D eigenvalue weighted by Crippen LogP contribution is 2.60. The molecule has 0 amide bonds. The van der Waals surface area contributed by atoms with E-state index in [4.69, 9.17) is 0 Å². The SMILES string of the molecule is CC(C)(O)CCCC(CC#CC(O)(C(F)(F)F)C(F)(F)F)C1CCC2/C(=C/C=C3/CCC[C@H](O)C3)CCC[C@@]21C. The lowest BCUT2D eigenvalue weighted by atomic mass is 9.60. The van der Waals surface area contributed by atoms with E-state index >= 15 is 0 Å². The number of hydrogen-bond acceptors (Lipinski definition) is 3. The highest BCUT2D eigenvalue weighted by atomic mass is 19.4. The Bertz CT molecular complexity index is 980. The molecule has 0 radical (unpaired) electrons. The van der Waals surface area contributed by atoms with Gasteiger partial charge in [-0.05, 0) is 114 Å². The lowest BCUT2D eigenvalue weighted by Crippen LogP contribution is -2.55. The quantitative estimate of drug-likeness (QED) is 0.213. The summed E-state index contributed by atoms with van der Waals surface area (Å²) in [5.41, 5.74) is -3.62. The molecule has 3 rings (SSSR count). The third-order valence-electron chi connectivity index (χ3n) is 9.49. The van der Waals surface area contributed by atoms with Crippen molar-refractivity contribution in [1.82, 2.24) is 0 Å². The number of rotatable bonds is 7. The maximum absolute atomic E-state index is 13.2. The molecule has 0 aromatic rings. The van der Waals surface area contributed by atoms with Gasteiger partial charge in [-0.25, -0.2) is 0 Å². The topological polar surface area (TPSA) is 60.7 Å². The van der Waals surface area contributed by atoms with E-state index in [0.717, 1.165) is 57.3 Å². The van der Waals surface area contributed by atoms with Gasteiger partial charge in [0, 0.05) is 6.42 Å². The Kier molecular flexibility index (Phi) is 10.2. The molecule has 228 valence electrons. The molecular weight excluding hydrogens is 534 g/mol. The minimum atomic E-state index is -5.97. The summed E-state index contributed by atoms with van der Waals surface area (Å²) < 4.78 is 79.1. The van der Waals surface area contributed by atoms with Gasteiger partial charge in [0.1, 0.15) is 0 Å². The van der Waals surface area contributed by atoms with E-state index in [2.05, 4.69) is 25.0 Å². The molecule has 9 heteroatoms. The van der Waals surface area contributed by atoms with Crippen molar-refractivity contribution in [2.24, 2.45) is 23.2 Å². The van der Waals surface area contributed by atoms with E-state index in [9.17, 15) is 41.7 Å². The first kappa shape index (κ1) is 33.0. The molecule has 0 spiro atoms. The summed E-state index contributed by atoms with van der Waals surface area (Å²) in [5, 5.41) is 29.7. The maximum atomic E-state index is 13.2. The van der Waals surface area contributed by atoms with E-state index in [0.29, 0.717) is 25.7 Å². The van der Waals surface area contributed by atoms with E-state index in [-0.39, 0.29) is 35.7 Å². The summed E-state index contributed by atoms with van der Waals surface area (Å²) in [7, 11) is 0. The molecular formula is C31H44F6O3. The number of halogens is 6. The van der Waals surface area contributed by atoms with Gasteiger partial charge in [0.05, 0.1) is 11.7 Å². The van der Waals surface area contributed by atoms with Crippen LogP contribution in [-0.4, -0.2) is 45.0 Å². The number of aliphatic hydroxyl groups is 3. The zero-order valence-corrected chi connectivity index (χ0v) is 23.8. The number of alkyl halides is 6. The van der Waals surface area contributed by atoms with Gasteiger partial charge < -0.3 is 15.3 Å². The fourth-order valence-corrected chi connectivity index (χ4v) is 7.36. The van der Waals surface area contributed by atoms with E-state index < -0.39 is 23.6 Å². The van der Waals surface area contributed by atoms with Gasteiger partial charge in [-0.3, -0.25) is 0 Å². The molecule has 3 saturated carbocycles. The van der Waals surface area contributed by atoms with Crippen molar-refractivity contribution in [2.75, 3.05) is 0 Å². The lowest BCUT2D eigenvalue weighted by molar-refractivity contribution is -0.343. The summed E-state index contributed by atoms with van der Waals surface area (Å²) in [6, 6.07) is 0. The highest BCUT2D eigenvalue weighted by Gasteiger charge is 2.70. The van der Waals surface area contributed by atoms with Crippen LogP contribution >= 0.6 is 0 Å². The Morgan fingerprint density at radius 3 is 2.25 bits per heavy atom. The average Bonchev–Trinajstić information content (AvgIpc) is 3.17. The molecule has 3 fully saturated rings. The molecule has 3 aliphatic rings. The standard InChI is InChI=1S/C31H44F6O3/c1-27(2,39)17-5-9-22(11-7-19-29(40,30(32,33)34)31(35,36)37)25-15-16-26-23(10-6-18-28(25,26)3)14-13-21-8-4-12-24(38)20-21/h13-14,22,24-26,38-40H,4-6,8-12,15-18,20H2,1-3H3/b21-13-,23-14+/t22?,24-,25?,26?,28+/m0/s1. The van der Waals surface area contributed by atoms with Crippen LogP contribution in [0.15, 0.2) is 23.3 Å². The van der Waals surface area contributed by atoms with Crippen molar-refractivity contribution < 1.29 is 41.7 Å². The molecule has 0 aromatic carbocycles. The molecule has 0 saturated heterocycles. The van der Waals surface area contributed by atoms with Crippen molar-refractivity contribution in [3.05, 3.63) is 23.3 Å². The summed E-state index contributed by atoms with van der Waals surface area (Å²) in [5.74, 6) is 3.32. The van der Waals surface area contributed by atoms with E-state index in [1.807, 2.05) is 0 Å². The highest BCUT2D eigenvalue weighted by molar-refractivity contribution is 5.26. The van der Waals surface area contributed by atoms with Gasteiger partial charge in [0.15, 0.2) is 0 Å². The van der Waals surface area contributed by atoms with Crippen LogP contribution in [0.1, 0.15) is 104 Å². The maximum Gasteiger partial charge on any atom is 0.438 e. The Morgan fingerprint density at radius 1 is 0.975 bits per heavy atom. The second-order valence-electron chi connectivity index (χ2n) is 13.1. The van der Waals surface area contributed by atoms with Crippen LogP contribution in [0.3, 0.4) is 0 Å². The fraction of sp³-hybridized carbons (Fsp3) is 0.806. The second-order valence-corrected chi connectivity index (χ2v) is 13.1. The third-order valence-corrected chi connectivity index (χ3v) is 9.49. The Balaban J connectivity index is 1.86. The van der Waals surface area contributed by atoms with Crippen LogP contribution < -0.4 is 0 Å². The predicted octanol–water partition coefficient (Wildman–Crippen LogP) is 7.80. The van der Waals surface area contributed by atoms with E-state index in [1.54, 1.807) is 13.8 Å². The van der Waals surface area contributed by atoms with Crippen LogP contribution in [-0.2, 0) is 0 Å². The lowest BCUT2D eigenvalue weighted by Gasteiger charge is -2.45. The van der Waals surface area contributed by atoms with Crippen molar-refractivity contribution in [1.29, 1.82) is 0 Å². The number of allylic oxidation sites excluding steroid dienone is 3. The minimum Gasteiger partial charge on any atom is -0.393 e. The fourth-order valence-electron chi connectivity index (χ4n) is 7.36. The van der Waals surface area contributed by atoms with Crippen LogP contribution in [0.5, 0.6) is 0 Å². The summed E-state index contributed by atoms with van der Waals surface area (Å²) in [6.07, 6.45) is 1.36. The third kappa shape index (κ3) is 7.66. The van der Waals surface area contributed by atoms with Gasteiger partial charge in [0.2, 0.25) is 0 Å². The second kappa shape index (κ2) is 12.4. The first-order chi connectivity index (χ1) is 18.4. The van der Waals surface area contributed by atoms with Gasteiger partial charge in [-0.1, -0.05) is 42.6 Å². The summed E-state index contributed by atoms with van der Waals surface area (Å²) >= 11 is 0. The molecule has 0 aliphatic heterocycles. The molecule has 40 heavy (non-hydrogen) atoms. The molecule has 0 heterocycles. The van der Waals surface area contributed by atoms with Crippen molar-refractivity contribution >= 4 is 0 Å². The van der Waals surface area contributed by atoms with Crippen molar-refractivity contribution in [3.8, 4) is 11.8 Å². The van der Waals surface area contributed by atoms with Crippen LogP contribution in [0.25, 0.3) is 0 Å². The van der Waals surface area contributed by atoms with Gasteiger partial charge in [-0.2, -0.15) is 26.3 Å². The normalized spacial score (nSPS) is 31.1. The van der Waals surface area contributed by atoms with Crippen LogP contribution in [0.2, 0.25) is 0 Å². The first-order valence-electron chi connectivity index (χ1n) is 14.5. The number of aliphatic hydroxyl groups excluding tert-OH is 1. The molecule has 3 unspecified atom stereocenters.